The second-order valence-electron chi connectivity index (χ2n) is 7.15. The van der Waals surface area contributed by atoms with Crippen molar-refractivity contribution < 1.29 is 35.9 Å². The summed E-state index contributed by atoms with van der Waals surface area (Å²) in [6.45, 7) is -0.920. The van der Waals surface area contributed by atoms with Gasteiger partial charge in [0, 0.05) is 42.0 Å². The second kappa shape index (κ2) is 9.33. The van der Waals surface area contributed by atoms with Crippen LogP contribution in [0.1, 0.15) is 35.2 Å². The monoisotopic (exact) mass is 460 g/mol. The highest BCUT2D eigenvalue weighted by atomic mass is 32.2. The fraction of sp³-hybridized carbons (Fsp3) is 0.350. The molecule has 3 rings (SSSR count). The number of alkyl halides is 1. The molecule has 6 nitrogen and oxygen atoms in total. The van der Waals surface area contributed by atoms with Gasteiger partial charge in [-0.15, -0.1) is 0 Å². The lowest BCUT2D eigenvalue weighted by Gasteiger charge is -2.21. The van der Waals surface area contributed by atoms with Gasteiger partial charge in [-0.2, -0.15) is 4.31 Å². The summed E-state index contributed by atoms with van der Waals surface area (Å²) in [5.41, 5.74) is -0.724. The standard InChI is InChI=1S/C20H20F4N2O4S/c21-11-13-4-3-12(20(28)25-14-9-16(22)19(24)17(23)10-14)8-18(13)31(29,30)26-6-1-2-15(27)5-7-26/h3-4,8-10,15,27H,1-2,5-7,11H2,(H,25,28). The maximum atomic E-state index is 13.5. The number of aliphatic hydroxyl groups excluding tert-OH is 1. The van der Waals surface area contributed by atoms with Gasteiger partial charge in [-0.1, -0.05) is 6.07 Å². The topological polar surface area (TPSA) is 86.7 Å². The van der Waals surface area contributed by atoms with Crippen LogP contribution in [0.5, 0.6) is 0 Å². The Balaban J connectivity index is 1.92. The van der Waals surface area contributed by atoms with Crippen LogP contribution in [0.25, 0.3) is 0 Å². The first-order valence-electron chi connectivity index (χ1n) is 9.46. The molecule has 1 aliphatic rings. The fourth-order valence-corrected chi connectivity index (χ4v) is 5.03. The van der Waals surface area contributed by atoms with Gasteiger partial charge in [0.1, 0.15) is 6.67 Å². The van der Waals surface area contributed by atoms with E-state index in [1.807, 2.05) is 0 Å². The Hall–Kier alpha value is -2.50. The maximum absolute atomic E-state index is 13.5. The van der Waals surface area contributed by atoms with E-state index < -0.39 is 51.1 Å². The molecule has 1 saturated heterocycles. The average Bonchev–Trinajstić information content (AvgIpc) is 2.96. The lowest BCUT2D eigenvalue weighted by molar-refractivity contribution is 0.102. The largest absolute Gasteiger partial charge is 0.393 e. The van der Waals surface area contributed by atoms with Crippen LogP contribution < -0.4 is 5.32 Å². The van der Waals surface area contributed by atoms with E-state index in [4.69, 9.17) is 0 Å². The molecular weight excluding hydrogens is 440 g/mol. The number of amides is 1. The van der Waals surface area contributed by atoms with Crippen molar-refractivity contribution in [3.05, 3.63) is 58.9 Å². The number of nitrogens with one attached hydrogen (secondary N) is 1. The van der Waals surface area contributed by atoms with Gasteiger partial charge in [-0.3, -0.25) is 4.79 Å². The van der Waals surface area contributed by atoms with E-state index in [0.29, 0.717) is 25.0 Å². The summed E-state index contributed by atoms with van der Waals surface area (Å²) in [6.07, 6.45) is 0.462. The molecule has 0 bridgehead atoms. The third-order valence-corrected chi connectivity index (χ3v) is 6.97. The first kappa shape index (κ1) is 23.2. The van der Waals surface area contributed by atoms with Crippen molar-refractivity contribution in [2.75, 3.05) is 18.4 Å². The van der Waals surface area contributed by atoms with Crippen molar-refractivity contribution in [3.63, 3.8) is 0 Å². The van der Waals surface area contributed by atoms with Crippen molar-refractivity contribution >= 4 is 21.6 Å². The van der Waals surface area contributed by atoms with Crippen molar-refractivity contribution in [3.8, 4) is 0 Å². The van der Waals surface area contributed by atoms with Gasteiger partial charge in [-0.25, -0.2) is 26.0 Å². The van der Waals surface area contributed by atoms with Crippen molar-refractivity contribution in [2.45, 2.75) is 36.9 Å². The highest BCUT2D eigenvalue weighted by molar-refractivity contribution is 7.89. The molecule has 1 unspecified atom stereocenters. The summed E-state index contributed by atoms with van der Waals surface area (Å²) >= 11 is 0. The average molecular weight is 460 g/mol. The Morgan fingerprint density at radius 3 is 2.42 bits per heavy atom. The molecule has 0 radical (unpaired) electrons. The highest BCUT2D eigenvalue weighted by Gasteiger charge is 2.30. The van der Waals surface area contributed by atoms with Crippen LogP contribution in [-0.4, -0.2) is 42.9 Å². The Morgan fingerprint density at radius 1 is 1.10 bits per heavy atom. The number of rotatable bonds is 5. The number of aliphatic hydroxyl groups is 1. The number of hydrogen-bond acceptors (Lipinski definition) is 4. The summed E-state index contributed by atoms with van der Waals surface area (Å²) in [5, 5.41) is 11.9. The van der Waals surface area contributed by atoms with Crippen LogP contribution in [0.3, 0.4) is 0 Å². The Labute approximate surface area is 176 Å². The smallest absolute Gasteiger partial charge is 0.255 e. The Bertz CT molecular complexity index is 1070. The van der Waals surface area contributed by atoms with Gasteiger partial charge in [-0.05, 0) is 31.4 Å². The Morgan fingerprint density at radius 2 is 1.77 bits per heavy atom. The number of carbonyl (C=O) groups is 1. The maximum Gasteiger partial charge on any atom is 0.255 e. The van der Waals surface area contributed by atoms with Crippen molar-refractivity contribution in [1.82, 2.24) is 4.31 Å². The molecule has 11 heteroatoms. The predicted molar refractivity (Wildman–Crippen MR) is 104 cm³/mol. The summed E-state index contributed by atoms with van der Waals surface area (Å²) in [5.74, 6) is -5.62. The summed E-state index contributed by atoms with van der Waals surface area (Å²) in [7, 11) is -4.17. The number of benzene rings is 2. The zero-order valence-electron chi connectivity index (χ0n) is 16.2. The van der Waals surface area contributed by atoms with E-state index in [0.717, 1.165) is 16.4 Å². The highest BCUT2D eigenvalue weighted by Crippen LogP contribution is 2.26. The zero-order valence-corrected chi connectivity index (χ0v) is 17.1. The normalized spacial score (nSPS) is 17.9. The van der Waals surface area contributed by atoms with Gasteiger partial charge in [0.2, 0.25) is 10.0 Å². The molecule has 31 heavy (non-hydrogen) atoms. The van der Waals surface area contributed by atoms with Gasteiger partial charge < -0.3 is 10.4 Å². The van der Waals surface area contributed by atoms with E-state index in [1.165, 1.54) is 6.07 Å². The summed E-state index contributed by atoms with van der Waals surface area (Å²) in [4.78, 5) is 12.1. The number of carbonyl (C=O) groups excluding carboxylic acids is 1. The van der Waals surface area contributed by atoms with Crippen LogP contribution in [0.2, 0.25) is 0 Å². The molecule has 0 aliphatic carbocycles. The minimum Gasteiger partial charge on any atom is -0.393 e. The number of anilines is 1. The van der Waals surface area contributed by atoms with E-state index in [-0.39, 0.29) is 36.3 Å². The minimum absolute atomic E-state index is 0.0415. The molecule has 2 aromatic rings. The molecule has 0 saturated carbocycles. The van der Waals surface area contributed by atoms with E-state index >= 15 is 0 Å². The number of halogens is 4. The van der Waals surface area contributed by atoms with Gasteiger partial charge in [0.05, 0.1) is 11.0 Å². The molecule has 168 valence electrons. The quantitative estimate of drug-likeness (QED) is 0.529. The van der Waals surface area contributed by atoms with Crippen LogP contribution in [0.15, 0.2) is 35.2 Å². The molecule has 0 spiro atoms. The van der Waals surface area contributed by atoms with Gasteiger partial charge in [0.15, 0.2) is 17.5 Å². The lowest BCUT2D eigenvalue weighted by Crippen LogP contribution is -2.33. The molecular formula is C20H20F4N2O4S. The molecule has 1 aliphatic heterocycles. The summed E-state index contributed by atoms with van der Waals surface area (Å²) < 4.78 is 80.6. The van der Waals surface area contributed by atoms with E-state index in [1.54, 1.807) is 0 Å². The second-order valence-corrected chi connectivity index (χ2v) is 9.06. The molecule has 1 atom stereocenters. The molecule has 1 fully saturated rings. The molecule has 1 heterocycles. The number of nitrogens with zero attached hydrogens (tertiary/aromatic N) is 1. The van der Waals surface area contributed by atoms with Crippen LogP contribution in [0.4, 0.5) is 23.2 Å². The minimum atomic E-state index is -4.17. The van der Waals surface area contributed by atoms with Gasteiger partial charge in [0.25, 0.3) is 5.91 Å². The van der Waals surface area contributed by atoms with Crippen molar-refractivity contribution in [1.29, 1.82) is 0 Å². The van der Waals surface area contributed by atoms with E-state index in [9.17, 15) is 35.9 Å². The number of hydrogen-bond donors (Lipinski definition) is 2. The summed E-state index contributed by atoms with van der Waals surface area (Å²) in [6, 6.07) is 4.45. The third-order valence-electron chi connectivity index (χ3n) is 4.99. The van der Waals surface area contributed by atoms with Crippen LogP contribution in [-0.2, 0) is 16.7 Å². The van der Waals surface area contributed by atoms with Crippen molar-refractivity contribution in [2.24, 2.45) is 0 Å². The Kier molecular flexibility index (Phi) is 6.97. The zero-order chi connectivity index (χ0) is 22.8. The third kappa shape index (κ3) is 5.05. The first-order chi connectivity index (χ1) is 14.6. The lowest BCUT2D eigenvalue weighted by atomic mass is 10.1. The van der Waals surface area contributed by atoms with Crippen LogP contribution in [0, 0.1) is 17.5 Å². The van der Waals surface area contributed by atoms with E-state index in [2.05, 4.69) is 5.32 Å². The molecule has 2 aromatic carbocycles. The molecule has 0 aromatic heterocycles. The number of sulfonamides is 1. The first-order valence-corrected chi connectivity index (χ1v) is 10.9. The molecule has 2 N–H and O–H groups in total. The molecule has 1 amide bonds. The SMILES string of the molecule is O=C(Nc1cc(F)c(F)c(F)c1)c1ccc(CF)c(S(=O)(=O)N2CCCC(O)CC2)c1. The predicted octanol–water partition coefficient (Wildman–Crippen LogP) is 3.36. The fourth-order valence-electron chi connectivity index (χ4n) is 3.31. The van der Waals surface area contributed by atoms with Crippen LogP contribution >= 0.6 is 0 Å². The van der Waals surface area contributed by atoms with Gasteiger partial charge >= 0.3 is 0 Å².